The first kappa shape index (κ1) is 13.4. The summed E-state index contributed by atoms with van der Waals surface area (Å²) < 4.78 is 23.4. The van der Waals surface area contributed by atoms with Gasteiger partial charge in [0.25, 0.3) is 0 Å². The van der Waals surface area contributed by atoms with E-state index in [0.29, 0.717) is 17.4 Å². The van der Waals surface area contributed by atoms with Gasteiger partial charge in [0.05, 0.1) is 16.9 Å². The SMILES string of the molecule is O=S1(=O)CCC(C2CCCc3ccccc3C2Cl)C1. The Morgan fingerprint density at radius 3 is 2.68 bits per heavy atom. The Morgan fingerprint density at radius 1 is 1.16 bits per heavy atom. The highest BCUT2D eigenvalue weighted by Gasteiger charge is 2.38. The Labute approximate surface area is 120 Å². The fraction of sp³-hybridized carbons (Fsp3) is 0.600. The molecule has 2 nitrogen and oxygen atoms in total. The molecular weight excluding hydrogens is 280 g/mol. The van der Waals surface area contributed by atoms with Crippen molar-refractivity contribution in [3.05, 3.63) is 35.4 Å². The highest BCUT2D eigenvalue weighted by molar-refractivity contribution is 7.91. The second kappa shape index (κ2) is 5.10. The van der Waals surface area contributed by atoms with Crippen LogP contribution in [0.4, 0.5) is 0 Å². The van der Waals surface area contributed by atoms with E-state index in [2.05, 4.69) is 18.2 Å². The molecule has 3 atom stereocenters. The molecule has 4 heteroatoms. The number of alkyl halides is 1. The van der Waals surface area contributed by atoms with Gasteiger partial charge in [0.1, 0.15) is 0 Å². The lowest BCUT2D eigenvalue weighted by atomic mass is 9.84. The van der Waals surface area contributed by atoms with Gasteiger partial charge in [0.15, 0.2) is 9.84 Å². The highest BCUT2D eigenvalue weighted by atomic mass is 35.5. The molecule has 1 fully saturated rings. The van der Waals surface area contributed by atoms with Crippen LogP contribution in [0.5, 0.6) is 0 Å². The van der Waals surface area contributed by atoms with Crippen molar-refractivity contribution < 1.29 is 8.42 Å². The Kier molecular flexibility index (Phi) is 3.61. The third-order valence-electron chi connectivity index (χ3n) is 4.58. The van der Waals surface area contributed by atoms with Crippen molar-refractivity contribution >= 4 is 21.4 Å². The predicted octanol–water partition coefficient (Wildman–Crippen LogP) is 3.35. The standard InChI is InChI=1S/C15H19ClO2S/c16-15-13-6-2-1-4-11(13)5-3-7-14(15)12-8-9-19(17,18)10-12/h1-2,4,6,12,14-15H,3,5,7-10H2. The van der Waals surface area contributed by atoms with Crippen LogP contribution in [0.2, 0.25) is 0 Å². The first-order valence-corrected chi connectivity index (χ1v) is 9.25. The Balaban J connectivity index is 1.88. The number of fused-ring (bicyclic) bond motifs is 1. The lowest BCUT2D eigenvalue weighted by Gasteiger charge is -2.26. The van der Waals surface area contributed by atoms with Crippen LogP contribution >= 0.6 is 11.6 Å². The smallest absolute Gasteiger partial charge is 0.150 e. The molecule has 0 spiro atoms. The van der Waals surface area contributed by atoms with E-state index in [4.69, 9.17) is 11.6 Å². The molecule has 0 radical (unpaired) electrons. The molecule has 1 aromatic carbocycles. The van der Waals surface area contributed by atoms with Crippen molar-refractivity contribution in [2.45, 2.75) is 31.1 Å². The molecule has 0 bridgehead atoms. The summed E-state index contributed by atoms with van der Waals surface area (Å²) in [6.45, 7) is 0. The number of rotatable bonds is 1. The summed E-state index contributed by atoms with van der Waals surface area (Å²) in [4.78, 5) is 0. The summed E-state index contributed by atoms with van der Waals surface area (Å²) in [6, 6.07) is 8.35. The maximum absolute atomic E-state index is 11.7. The van der Waals surface area contributed by atoms with Crippen LogP contribution in [-0.4, -0.2) is 19.9 Å². The lowest BCUT2D eigenvalue weighted by molar-refractivity contribution is 0.331. The first-order chi connectivity index (χ1) is 9.07. The van der Waals surface area contributed by atoms with Gasteiger partial charge in [0.2, 0.25) is 0 Å². The van der Waals surface area contributed by atoms with Crippen LogP contribution in [0, 0.1) is 11.8 Å². The molecule has 1 heterocycles. The van der Waals surface area contributed by atoms with Crippen molar-refractivity contribution in [2.75, 3.05) is 11.5 Å². The average molecular weight is 299 g/mol. The molecule has 1 saturated heterocycles. The Bertz CT molecular complexity index is 567. The predicted molar refractivity (Wildman–Crippen MR) is 78.2 cm³/mol. The number of hydrogen-bond acceptors (Lipinski definition) is 2. The molecule has 1 aromatic rings. The summed E-state index contributed by atoms with van der Waals surface area (Å²) in [5.41, 5.74) is 2.56. The summed E-state index contributed by atoms with van der Waals surface area (Å²) in [7, 11) is -2.82. The molecule has 3 unspecified atom stereocenters. The van der Waals surface area contributed by atoms with Crippen molar-refractivity contribution in [3.63, 3.8) is 0 Å². The third kappa shape index (κ3) is 2.68. The van der Waals surface area contributed by atoms with Crippen LogP contribution in [0.25, 0.3) is 0 Å². The molecule has 0 N–H and O–H groups in total. The minimum atomic E-state index is -2.82. The van der Waals surface area contributed by atoms with E-state index in [1.165, 1.54) is 11.1 Å². The quantitative estimate of drug-likeness (QED) is 0.588. The minimum Gasteiger partial charge on any atom is -0.229 e. The molecule has 1 aliphatic heterocycles. The van der Waals surface area contributed by atoms with E-state index in [1.54, 1.807) is 0 Å². The maximum atomic E-state index is 11.7. The van der Waals surface area contributed by atoms with Gasteiger partial charge in [-0.1, -0.05) is 24.3 Å². The summed E-state index contributed by atoms with van der Waals surface area (Å²) in [5, 5.41) is -0.0306. The van der Waals surface area contributed by atoms with Crippen LogP contribution in [0.1, 0.15) is 35.8 Å². The topological polar surface area (TPSA) is 34.1 Å². The largest absolute Gasteiger partial charge is 0.229 e. The Morgan fingerprint density at radius 2 is 1.95 bits per heavy atom. The summed E-state index contributed by atoms with van der Waals surface area (Å²) in [6.07, 6.45) is 4.01. The normalized spacial score (nSPS) is 33.6. The third-order valence-corrected chi connectivity index (χ3v) is 6.94. The molecule has 19 heavy (non-hydrogen) atoms. The number of sulfone groups is 1. The van der Waals surface area contributed by atoms with Gasteiger partial charge in [-0.25, -0.2) is 8.42 Å². The van der Waals surface area contributed by atoms with E-state index in [9.17, 15) is 8.42 Å². The molecule has 2 aliphatic rings. The van der Waals surface area contributed by atoms with Crippen LogP contribution < -0.4 is 0 Å². The van der Waals surface area contributed by atoms with Gasteiger partial charge in [-0.2, -0.15) is 0 Å². The summed E-state index contributed by atoms with van der Waals surface area (Å²) in [5.74, 6) is 1.24. The van der Waals surface area contributed by atoms with E-state index in [0.717, 1.165) is 25.7 Å². The maximum Gasteiger partial charge on any atom is 0.150 e. The number of aryl methyl sites for hydroxylation is 1. The average Bonchev–Trinajstić information content (AvgIpc) is 2.65. The fourth-order valence-corrected chi connectivity index (χ4v) is 6.01. The fourth-order valence-electron chi connectivity index (χ4n) is 3.57. The zero-order chi connectivity index (χ0) is 13.5. The van der Waals surface area contributed by atoms with Crippen LogP contribution in [-0.2, 0) is 16.3 Å². The van der Waals surface area contributed by atoms with Gasteiger partial charge < -0.3 is 0 Å². The second-order valence-electron chi connectivity index (χ2n) is 5.82. The van der Waals surface area contributed by atoms with Gasteiger partial charge >= 0.3 is 0 Å². The van der Waals surface area contributed by atoms with Crippen LogP contribution in [0.15, 0.2) is 24.3 Å². The molecule has 104 valence electrons. The van der Waals surface area contributed by atoms with E-state index in [-0.39, 0.29) is 11.3 Å². The molecular formula is C15H19ClO2S. The highest BCUT2D eigenvalue weighted by Crippen LogP contribution is 2.44. The van der Waals surface area contributed by atoms with Gasteiger partial charge in [-0.3, -0.25) is 0 Å². The van der Waals surface area contributed by atoms with E-state index in [1.807, 2.05) is 6.07 Å². The van der Waals surface area contributed by atoms with E-state index < -0.39 is 9.84 Å². The molecule has 0 amide bonds. The first-order valence-electron chi connectivity index (χ1n) is 6.99. The second-order valence-corrected chi connectivity index (χ2v) is 8.52. The van der Waals surface area contributed by atoms with Crippen molar-refractivity contribution in [1.82, 2.24) is 0 Å². The molecule has 0 saturated carbocycles. The minimum absolute atomic E-state index is 0.0306. The van der Waals surface area contributed by atoms with Gasteiger partial charge in [-0.15, -0.1) is 11.6 Å². The van der Waals surface area contributed by atoms with Crippen molar-refractivity contribution in [2.24, 2.45) is 11.8 Å². The monoisotopic (exact) mass is 298 g/mol. The Hall–Kier alpha value is -0.540. The zero-order valence-corrected chi connectivity index (χ0v) is 12.5. The molecule has 3 rings (SSSR count). The number of benzene rings is 1. The molecule has 1 aliphatic carbocycles. The van der Waals surface area contributed by atoms with Crippen LogP contribution in [0.3, 0.4) is 0 Å². The van der Waals surface area contributed by atoms with Crippen molar-refractivity contribution in [1.29, 1.82) is 0 Å². The number of halogens is 1. The van der Waals surface area contributed by atoms with Crippen molar-refractivity contribution in [3.8, 4) is 0 Å². The van der Waals surface area contributed by atoms with Gasteiger partial charge in [-0.05, 0) is 48.6 Å². The lowest BCUT2D eigenvalue weighted by Crippen LogP contribution is -2.20. The number of hydrogen-bond donors (Lipinski definition) is 0. The van der Waals surface area contributed by atoms with E-state index >= 15 is 0 Å². The summed E-state index contributed by atoms with van der Waals surface area (Å²) >= 11 is 6.70. The van der Waals surface area contributed by atoms with Gasteiger partial charge in [0, 0.05) is 0 Å². The zero-order valence-electron chi connectivity index (χ0n) is 10.9. The molecule has 0 aromatic heterocycles.